The van der Waals surface area contributed by atoms with E-state index < -0.39 is 0 Å². The zero-order valence-corrected chi connectivity index (χ0v) is 12.2. The van der Waals surface area contributed by atoms with Gasteiger partial charge < -0.3 is 5.32 Å². The van der Waals surface area contributed by atoms with Gasteiger partial charge in [0.05, 0.1) is 21.5 Å². The summed E-state index contributed by atoms with van der Waals surface area (Å²) in [6.45, 7) is 4.35. The summed E-state index contributed by atoms with van der Waals surface area (Å²) in [5.74, 6) is -0.217. The quantitative estimate of drug-likeness (QED) is 0.944. The van der Waals surface area contributed by atoms with E-state index in [1.54, 1.807) is 17.8 Å². The second-order valence-corrected chi connectivity index (χ2v) is 4.96. The molecular formula is C13H15BrFN3. The van der Waals surface area contributed by atoms with Crippen LogP contribution in [0.3, 0.4) is 0 Å². The van der Waals surface area contributed by atoms with Gasteiger partial charge in [-0.15, -0.1) is 0 Å². The van der Waals surface area contributed by atoms with Crippen LogP contribution in [0.25, 0.3) is 5.69 Å². The highest BCUT2D eigenvalue weighted by atomic mass is 79.9. The molecule has 3 nitrogen and oxygen atoms in total. The molecule has 1 N–H and O–H groups in total. The highest BCUT2D eigenvalue weighted by Crippen LogP contribution is 2.25. The predicted octanol–water partition coefficient (Wildman–Crippen LogP) is 3.11. The Kier molecular flexibility index (Phi) is 3.82. The van der Waals surface area contributed by atoms with Gasteiger partial charge in [-0.3, -0.25) is 0 Å². The van der Waals surface area contributed by atoms with Gasteiger partial charge in [0.15, 0.2) is 0 Å². The molecular weight excluding hydrogens is 297 g/mol. The van der Waals surface area contributed by atoms with Crippen LogP contribution in [-0.4, -0.2) is 16.8 Å². The maximum absolute atomic E-state index is 13.9. The fraction of sp³-hybridized carbons (Fsp3) is 0.308. The topological polar surface area (TPSA) is 29.9 Å². The largest absolute Gasteiger partial charge is 0.316 e. The Morgan fingerprint density at radius 2 is 2.11 bits per heavy atom. The lowest BCUT2D eigenvalue weighted by Crippen LogP contribution is -2.12. The molecule has 0 atom stereocenters. The van der Waals surface area contributed by atoms with Crippen LogP contribution in [0.15, 0.2) is 22.7 Å². The van der Waals surface area contributed by atoms with Gasteiger partial charge in [0.25, 0.3) is 0 Å². The summed E-state index contributed by atoms with van der Waals surface area (Å²) in [6, 6.07) is 5.05. The van der Waals surface area contributed by atoms with Crippen molar-refractivity contribution in [1.82, 2.24) is 15.1 Å². The summed E-state index contributed by atoms with van der Waals surface area (Å²) in [7, 11) is 1.80. The van der Waals surface area contributed by atoms with E-state index in [-0.39, 0.29) is 5.82 Å². The number of aryl methyl sites for hydroxylation is 1. The first-order valence-corrected chi connectivity index (χ1v) is 6.49. The monoisotopic (exact) mass is 311 g/mol. The number of halogens is 2. The van der Waals surface area contributed by atoms with Gasteiger partial charge in [0.2, 0.25) is 0 Å². The van der Waals surface area contributed by atoms with Crippen LogP contribution >= 0.6 is 15.9 Å². The highest BCUT2D eigenvalue weighted by molar-refractivity contribution is 9.10. The molecule has 0 radical (unpaired) electrons. The Morgan fingerprint density at radius 3 is 2.67 bits per heavy atom. The third-order valence-corrected chi connectivity index (χ3v) is 4.03. The molecule has 0 bridgehead atoms. The number of aromatic nitrogens is 2. The maximum atomic E-state index is 13.9. The molecule has 0 aliphatic rings. The number of hydrogen-bond donors (Lipinski definition) is 1. The first-order chi connectivity index (χ1) is 8.56. The van der Waals surface area contributed by atoms with Crippen LogP contribution in [0.5, 0.6) is 0 Å². The van der Waals surface area contributed by atoms with Crippen molar-refractivity contribution in [2.24, 2.45) is 0 Å². The highest BCUT2D eigenvalue weighted by Gasteiger charge is 2.15. The second kappa shape index (κ2) is 5.20. The fourth-order valence-corrected chi connectivity index (χ4v) is 2.20. The Balaban J connectivity index is 2.63. The first kappa shape index (κ1) is 13.2. The summed E-state index contributed by atoms with van der Waals surface area (Å²) >= 11 is 3.49. The van der Waals surface area contributed by atoms with Crippen LogP contribution < -0.4 is 5.32 Å². The van der Waals surface area contributed by atoms with Crippen LogP contribution in [0, 0.1) is 19.7 Å². The van der Waals surface area contributed by atoms with E-state index in [0.29, 0.717) is 12.1 Å². The zero-order valence-electron chi connectivity index (χ0n) is 10.6. The molecule has 0 aliphatic heterocycles. The van der Waals surface area contributed by atoms with Gasteiger partial charge in [-0.1, -0.05) is 6.07 Å². The summed E-state index contributed by atoms with van der Waals surface area (Å²) in [4.78, 5) is 0. The minimum Gasteiger partial charge on any atom is -0.316 e. The lowest BCUT2D eigenvalue weighted by atomic mass is 10.1. The standard InChI is InChI=1S/C13H15BrFN3/c1-8-13(14)9(2)18(17-8)12-6-4-5-11(15)10(12)7-16-3/h4-6,16H,7H2,1-3H3. The second-order valence-electron chi connectivity index (χ2n) is 4.16. The Hall–Kier alpha value is -1.20. The van der Waals surface area contributed by atoms with Crippen LogP contribution in [0.2, 0.25) is 0 Å². The van der Waals surface area contributed by atoms with Gasteiger partial charge in [0, 0.05) is 12.1 Å². The van der Waals surface area contributed by atoms with Gasteiger partial charge in [-0.2, -0.15) is 5.10 Å². The molecule has 1 heterocycles. The Morgan fingerprint density at radius 1 is 1.39 bits per heavy atom. The van der Waals surface area contributed by atoms with Crippen molar-refractivity contribution in [3.05, 3.63) is 45.4 Å². The summed E-state index contributed by atoms with van der Waals surface area (Å²) < 4.78 is 16.6. The van der Waals surface area contributed by atoms with E-state index in [1.165, 1.54) is 6.07 Å². The van der Waals surface area contributed by atoms with Crippen molar-refractivity contribution in [1.29, 1.82) is 0 Å². The van der Waals surface area contributed by atoms with Crippen LogP contribution in [0.4, 0.5) is 4.39 Å². The molecule has 0 spiro atoms. The third kappa shape index (κ3) is 2.20. The molecule has 0 saturated heterocycles. The van der Waals surface area contributed by atoms with Gasteiger partial charge in [-0.05, 0) is 49.0 Å². The van der Waals surface area contributed by atoms with Crippen molar-refractivity contribution in [3.8, 4) is 5.69 Å². The molecule has 0 aliphatic carbocycles. The third-order valence-electron chi connectivity index (χ3n) is 2.88. The molecule has 0 fully saturated rings. The fourth-order valence-electron chi connectivity index (χ4n) is 1.96. The predicted molar refractivity (Wildman–Crippen MR) is 73.5 cm³/mol. The average Bonchev–Trinajstić information content (AvgIpc) is 2.60. The van der Waals surface area contributed by atoms with E-state index in [0.717, 1.165) is 21.5 Å². The van der Waals surface area contributed by atoms with Crippen LogP contribution in [0.1, 0.15) is 17.0 Å². The molecule has 0 unspecified atom stereocenters. The minimum atomic E-state index is -0.217. The number of benzene rings is 1. The normalized spacial score (nSPS) is 10.9. The van der Waals surface area contributed by atoms with E-state index in [4.69, 9.17) is 0 Å². The van der Waals surface area contributed by atoms with Crippen molar-refractivity contribution in [2.75, 3.05) is 7.05 Å². The molecule has 2 rings (SSSR count). The number of rotatable bonds is 3. The van der Waals surface area contributed by atoms with Crippen LogP contribution in [-0.2, 0) is 6.54 Å². The summed E-state index contributed by atoms with van der Waals surface area (Å²) in [6.07, 6.45) is 0. The minimum absolute atomic E-state index is 0.217. The van der Waals surface area contributed by atoms with E-state index in [2.05, 4.69) is 26.3 Å². The van der Waals surface area contributed by atoms with E-state index in [1.807, 2.05) is 19.9 Å². The molecule has 0 saturated carbocycles. The Bertz CT molecular complexity index is 578. The molecule has 18 heavy (non-hydrogen) atoms. The lowest BCUT2D eigenvalue weighted by molar-refractivity contribution is 0.596. The number of hydrogen-bond acceptors (Lipinski definition) is 2. The van der Waals surface area contributed by atoms with Crippen molar-refractivity contribution in [2.45, 2.75) is 20.4 Å². The lowest BCUT2D eigenvalue weighted by Gasteiger charge is -2.11. The molecule has 2 aromatic rings. The zero-order chi connectivity index (χ0) is 13.3. The van der Waals surface area contributed by atoms with Gasteiger partial charge in [-0.25, -0.2) is 9.07 Å². The Labute approximate surface area is 114 Å². The molecule has 0 amide bonds. The molecule has 96 valence electrons. The van der Waals surface area contributed by atoms with Gasteiger partial charge in [0.1, 0.15) is 5.82 Å². The van der Waals surface area contributed by atoms with Gasteiger partial charge >= 0.3 is 0 Å². The number of nitrogens with zero attached hydrogens (tertiary/aromatic N) is 2. The smallest absolute Gasteiger partial charge is 0.129 e. The summed E-state index contributed by atoms with van der Waals surface area (Å²) in [5, 5.41) is 7.42. The van der Waals surface area contributed by atoms with E-state index >= 15 is 0 Å². The van der Waals surface area contributed by atoms with Crippen molar-refractivity contribution >= 4 is 15.9 Å². The summed E-state index contributed by atoms with van der Waals surface area (Å²) in [5.41, 5.74) is 3.26. The number of nitrogens with one attached hydrogen (secondary N) is 1. The first-order valence-electron chi connectivity index (χ1n) is 5.70. The average molecular weight is 312 g/mol. The molecule has 5 heteroatoms. The van der Waals surface area contributed by atoms with E-state index in [9.17, 15) is 4.39 Å². The maximum Gasteiger partial charge on any atom is 0.129 e. The van der Waals surface area contributed by atoms with Crippen molar-refractivity contribution < 1.29 is 4.39 Å². The SMILES string of the molecule is CNCc1c(F)cccc1-n1nc(C)c(Br)c1C. The molecule has 1 aromatic heterocycles. The van der Waals surface area contributed by atoms with Crippen molar-refractivity contribution in [3.63, 3.8) is 0 Å². The molecule has 1 aromatic carbocycles.